The summed E-state index contributed by atoms with van der Waals surface area (Å²) in [7, 11) is 0. The maximum atomic E-state index is 12.6. The van der Waals surface area contributed by atoms with Crippen LogP contribution >= 0.6 is 0 Å². The van der Waals surface area contributed by atoms with Crippen molar-refractivity contribution < 1.29 is 13.2 Å². The van der Waals surface area contributed by atoms with E-state index >= 15 is 0 Å². The average molecular weight is 240 g/mol. The predicted molar refractivity (Wildman–Crippen MR) is 61.8 cm³/mol. The summed E-state index contributed by atoms with van der Waals surface area (Å²) in [5, 5.41) is 0. The highest BCUT2D eigenvalue weighted by atomic mass is 19.4. The number of alkyl halides is 3. The summed E-state index contributed by atoms with van der Waals surface area (Å²) < 4.78 is 37.9. The van der Waals surface area contributed by atoms with E-state index in [1.165, 1.54) is 17.7 Å². The topological polar surface area (TPSA) is 0 Å². The van der Waals surface area contributed by atoms with Crippen LogP contribution in [-0.4, -0.2) is 0 Å². The molecule has 1 aliphatic rings. The van der Waals surface area contributed by atoms with Gasteiger partial charge in [0.15, 0.2) is 0 Å². The standard InChI is InChI=1S/C14H15F3/c1-10-5-2-3-8-13(10)11-6-4-7-12(9-11)14(15,16)17/h4-7,9,13H,2-3,8H2,1H3. The molecule has 0 spiro atoms. The maximum absolute atomic E-state index is 12.6. The third-order valence-electron chi connectivity index (χ3n) is 3.33. The van der Waals surface area contributed by atoms with Gasteiger partial charge in [-0.3, -0.25) is 0 Å². The number of allylic oxidation sites excluding steroid dienone is 2. The third kappa shape index (κ3) is 2.71. The fourth-order valence-electron chi connectivity index (χ4n) is 2.38. The van der Waals surface area contributed by atoms with Crippen molar-refractivity contribution in [2.24, 2.45) is 0 Å². The zero-order valence-electron chi connectivity index (χ0n) is 9.72. The monoisotopic (exact) mass is 240 g/mol. The first-order chi connectivity index (χ1) is 7.98. The molecular formula is C14H15F3. The Labute approximate surface area is 99.2 Å². The van der Waals surface area contributed by atoms with E-state index in [-0.39, 0.29) is 5.92 Å². The number of benzene rings is 1. The lowest BCUT2D eigenvalue weighted by Gasteiger charge is -2.23. The molecule has 0 N–H and O–H groups in total. The van der Waals surface area contributed by atoms with E-state index in [4.69, 9.17) is 0 Å². The summed E-state index contributed by atoms with van der Waals surface area (Å²) >= 11 is 0. The molecule has 92 valence electrons. The van der Waals surface area contributed by atoms with Crippen molar-refractivity contribution in [1.82, 2.24) is 0 Å². The third-order valence-corrected chi connectivity index (χ3v) is 3.33. The molecule has 0 saturated heterocycles. The Morgan fingerprint density at radius 3 is 2.65 bits per heavy atom. The molecule has 0 aliphatic heterocycles. The van der Waals surface area contributed by atoms with Crippen molar-refractivity contribution in [3.8, 4) is 0 Å². The van der Waals surface area contributed by atoms with Crippen molar-refractivity contribution in [2.75, 3.05) is 0 Å². The molecule has 1 atom stereocenters. The van der Waals surface area contributed by atoms with E-state index in [1.54, 1.807) is 6.07 Å². The largest absolute Gasteiger partial charge is 0.416 e. The molecule has 0 radical (unpaired) electrons. The van der Waals surface area contributed by atoms with Crippen LogP contribution in [0.2, 0.25) is 0 Å². The highest BCUT2D eigenvalue weighted by Crippen LogP contribution is 2.36. The number of hydrogen-bond acceptors (Lipinski definition) is 0. The second-order valence-corrected chi connectivity index (χ2v) is 4.55. The van der Waals surface area contributed by atoms with Crippen LogP contribution in [0.5, 0.6) is 0 Å². The Balaban J connectivity index is 2.33. The van der Waals surface area contributed by atoms with Gasteiger partial charge in [-0.25, -0.2) is 0 Å². The number of hydrogen-bond donors (Lipinski definition) is 0. The lowest BCUT2D eigenvalue weighted by Crippen LogP contribution is -2.09. The lowest BCUT2D eigenvalue weighted by atomic mass is 9.83. The van der Waals surface area contributed by atoms with Crippen molar-refractivity contribution in [1.29, 1.82) is 0 Å². The van der Waals surface area contributed by atoms with Crippen molar-refractivity contribution >= 4 is 0 Å². The molecule has 0 nitrogen and oxygen atoms in total. The summed E-state index contributed by atoms with van der Waals surface area (Å²) in [5.41, 5.74) is 1.43. The molecule has 17 heavy (non-hydrogen) atoms. The van der Waals surface area contributed by atoms with Gasteiger partial charge in [0.25, 0.3) is 0 Å². The van der Waals surface area contributed by atoms with Crippen LogP contribution in [0, 0.1) is 0 Å². The summed E-state index contributed by atoms with van der Waals surface area (Å²) in [4.78, 5) is 0. The van der Waals surface area contributed by atoms with Crippen LogP contribution in [0.3, 0.4) is 0 Å². The normalized spacial score (nSPS) is 21.2. The minimum absolute atomic E-state index is 0.158. The predicted octanol–water partition coefficient (Wildman–Crippen LogP) is 4.92. The van der Waals surface area contributed by atoms with Gasteiger partial charge in [-0.05, 0) is 37.8 Å². The van der Waals surface area contributed by atoms with Gasteiger partial charge in [-0.15, -0.1) is 0 Å². The van der Waals surface area contributed by atoms with E-state index in [9.17, 15) is 13.2 Å². The fourth-order valence-corrected chi connectivity index (χ4v) is 2.38. The molecule has 1 aromatic rings. The van der Waals surface area contributed by atoms with Crippen LogP contribution in [0.1, 0.15) is 43.2 Å². The quantitative estimate of drug-likeness (QED) is 0.611. The Kier molecular flexibility index (Phi) is 3.27. The summed E-state index contributed by atoms with van der Waals surface area (Å²) in [5.74, 6) is 0.158. The zero-order valence-corrected chi connectivity index (χ0v) is 9.72. The fraction of sp³-hybridized carbons (Fsp3) is 0.429. The van der Waals surface area contributed by atoms with Crippen molar-refractivity contribution in [2.45, 2.75) is 38.3 Å². The first-order valence-corrected chi connectivity index (χ1v) is 5.82. The SMILES string of the molecule is CC1=CCCCC1c1cccc(C(F)(F)F)c1. The molecule has 0 amide bonds. The van der Waals surface area contributed by atoms with Crippen LogP contribution < -0.4 is 0 Å². The zero-order chi connectivity index (χ0) is 12.5. The first kappa shape index (κ1) is 12.2. The number of rotatable bonds is 1. The highest BCUT2D eigenvalue weighted by Gasteiger charge is 2.31. The molecule has 1 aromatic carbocycles. The van der Waals surface area contributed by atoms with Gasteiger partial charge in [-0.1, -0.05) is 29.8 Å². The van der Waals surface area contributed by atoms with Crippen LogP contribution in [0.4, 0.5) is 13.2 Å². The van der Waals surface area contributed by atoms with E-state index in [0.29, 0.717) is 0 Å². The van der Waals surface area contributed by atoms with Crippen molar-refractivity contribution in [3.63, 3.8) is 0 Å². The molecule has 0 saturated carbocycles. The van der Waals surface area contributed by atoms with E-state index in [1.807, 2.05) is 6.92 Å². The Morgan fingerprint density at radius 1 is 1.24 bits per heavy atom. The molecule has 3 heteroatoms. The Morgan fingerprint density at radius 2 is 2.00 bits per heavy atom. The van der Waals surface area contributed by atoms with Crippen LogP contribution in [-0.2, 0) is 6.18 Å². The van der Waals surface area contributed by atoms with Gasteiger partial charge in [0.1, 0.15) is 0 Å². The molecule has 0 aromatic heterocycles. The smallest absolute Gasteiger partial charge is 0.166 e. The molecule has 0 fully saturated rings. The summed E-state index contributed by atoms with van der Waals surface area (Å²) in [6.45, 7) is 2.00. The summed E-state index contributed by atoms with van der Waals surface area (Å²) in [6, 6.07) is 5.71. The van der Waals surface area contributed by atoms with E-state index < -0.39 is 11.7 Å². The highest BCUT2D eigenvalue weighted by molar-refractivity contribution is 5.33. The second kappa shape index (κ2) is 4.55. The van der Waals surface area contributed by atoms with Crippen LogP contribution in [0.15, 0.2) is 35.9 Å². The molecule has 0 heterocycles. The summed E-state index contributed by atoms with van der Waals surface area (Å²) in [6.07, 6.45) is 0.930. The van der Waals surface area contributed by atoms with Gasteiger partial charge < -0.3 is 0 Å². The average Bonchev–Trinajstić information content (AvgIpc) is 2.29. The van der Waals surface area contributed by atoms with E-state index in [2.05, 4.69) is 6.08 Å². The molecule has 2 rings (SSSR count). The van der Waals surface area contributed by atoms with Gasteiger partial charge in [-0.2, -0.15) is 13.2 Å². The minimum atomic E-state index is -4.25. The van der Waals surface area contributed by atoms with E-state index in [0.717, 1.165) is 30.9 Å². The minimum Gasteiger partial charge on any atom is -0.166 e. The number of halogens is 3. The second-order valence-electron chi connectivity index (χ2n) is 4.55. The lowest BCUT2D eigenvalue weighted by molar-refractivity contribution is -0.137. The van der Waals surface area contributed by atoms with Crippen LogP contribution in [0.25, 0.3) is 0 Å². The Bertz CT molecular complexity index is 429. The molecule has 1 unspecified atom stereocenters. The van der Waals surface area contributed by atoms with Gasteiger partial charge in [0.05, 0.1) is 5.56 Å². The molecule has 0 bridgehead atoms. The Hall–Kier alpha value is -1.25. The van der Waals surface area contributed by atoms with Crippen molar-refractivity contribution in [3.05, 3.63) is 47.0 Å². The molecular weight excluding hydrogens is 225 g/mol. The van der Waals surface area contributed by atoms with Gasteiger partial charge >= 0.3 is 6.18 Å². The first-order valence-electron chi connectivity index (χ1n) is 5.82. The molecule has 1 aliphatic carbocycles. The van der Waals surface area contributed by atoms with Gasteiger partial charge in [0.2, 0.25) is 0 Å². The van der Waals surface area contributed by atoms with Gasteiger partial charge in [0, 0.05) is 5.92 Å². The maximum Gasteiger partial charge on any atom is 0.416 e.